The van der Waals surface area contributed by atoms with E-state index in [1.165, 1.54) is 0 Å². The molecule has 0 bridgehead atoms. The molecule has 0 aromatic heterocycles. The van der Waals surface area contributed by atoms with Crippen molar-refractivity contribution in [3.05, 3.63) is 24.3 Å². The van der Waals surface area contributed by atoms with E-state index >= 15 is 0 Å². The topological polar surface area (TPSA) is 67.6 Å². The lowest BCUT2D eigenvalue weighted by Gasteiger charge is -2.15. The first-order valence-corrected chi connectivity index (χ1v) is 6.58. The molecule has 1 heterocycles. The van der Waals surface area contributed by atoms with Gasteiger partial charge in [-0.2, -0.15) is 0 Å². The average Bonchev–Trinajstić information content (AvgIpc) is 2.87. The molecule has 1 aromatic rings. The van der Waals surface area contributed by atoms with Crippen molar-refractivity contribution in [3.63, 3.8) is 0 Å². The highest BCUT2D eigenvalue weighted by atomic mass is 16.5. The maximum absolute atomic E-state index is 11.8. The van der Waals surface area contributed by atoms with E-state index < -0.39 is 0 Å². The van der Waals surface area contributed by atoms with Gasteiger partial charge in [-0.15, -0.1) is 0 Å². The van der Waals surface area contributed by atoms with E-state index in [-0.39, 0.29) is 5.91 Å². The molecule has 5 heteroatoms. The molecule has 1 unspecified atom stereocenters. The first kappa shape index (κ1) is 13.8. The second kappa shape index (κ2) is 6.54. The minimum absolute atomic E-state index is 0.0330. The van der Waals surface area contributed by atoms with Crippen LogP contribution in [0.2, 0.25) is 0 Å². The van der Waals surface area contributed by atoms with Crippen LogP contribution in [0.3, 0.4) is 0 Å². The standard InChI is InChI=1S/C14H21N3O2/c1-19-13-6-8-17(10-13)9-7-14(18)16-12-4-2-11(15)3-5-12/h2-5,13H,6-10,15H2,1H3,(H,16,18). The van der Waals surface area contributed by atoms with Crippen LogP contribution in [0.5, 0.6) is 0 Å². The highest BCUT2D eigenvalue weighted by Gasteiger charge is 2.21. The van der Waals surface area contributed by atoms with Gasteiger partial charge in [0.2, 0.25) is 5.91 Å². The van der Waals surface area contributed by atoms with Crippen LogP contribution in [-0.4, -0.2) is 43.7 Å². The molecular formula is C14H21N3O2. The van der Waals surface area contributed by atoms with Crippen molar-refractivity contribution in [3.8, 4) is 0 Å². The number of hydrogen-bond acceptors (Lipinski definition) is 4. The Kier molecular flexibility index (Phi) is 4.76. The molecule has 1 aliphatic rings. The number of nitrogens with one attached hydrogen (secondary N) is 1. The fraction of sp³-hybridized carbons (Fsp3) is 0.500. The van der Waals surface area contributed by atoms with Gasteiger partial charge >= 0.3 is 0 Å². The van der Waals surface area contributed by atoms with Gasteiger partial charge in [-0.25, -0.2) is 0 Å². The van der Waals surface area contributed by atoms with Gasteiger partial charge in [-0.3, -0.25) is 4.79 Å². The zero-order chi connectivity index (χ0) is 13.7. The van der Waals surface area contributed by atoms with Crippen LogP contribution in [0.1, 0.15) is 12.8 Å². The van der Waals surface area contributed by atoms with Gasteiger partial charge in [0.25, 0.3) is 0 Å². The number of rotatable bonds is 5. The number of anilines is 2. The molecule has 0 radical (unpaired) electrons. The number of amides is 1. The molecule has 0 aliphatic carbocycles. The smallest absolute Gasteiger partial charge is 0.225 e. The Hall–Kier alpha value is -1.59. The van der Waals surface area contributed by atoms with E-state index in [1.807, 2.05) is 12.1 Å². The van der Waals surface area contributed by atoms with Gasteiger partial charge in [0.1, 0.15) is 0 Å². The molecule has 5 nitrogen and oxygen atoms in total. The summed E-state index contributed by atoms with van der Waals surface area (Å²) in [6.07, 6.45) is 1.87. The highest BCUT2D eigenvalue weighted by Crippen LogP contribution is 2.13. The number of nitrogen functional groups attached to an aromatic ring is 1. The summed E-state index contributed by atoms with van der Waals surface area (Å²) in [5, 5.41) is 2.87. The predicted octanol–water partition coefficient (Wildman–Crippen LogP) is 1.32. The van der Waals surface area contributed by atoms with E-state index in [4.69, 9.17) is 10.5 Å². The number of nitrogens with zero attached hydrogens (tertiary/aromatic N) is 1. The van der Waals surface area contributed by atoms with Crippen molar-refractivity contribution in [1.82, 2.24) is 4.90 Å². The molecule has 19 heavy (non-hydrogen) atoms. The molecule has 1 amide bonds. The van der Waals surface area contributed by atoms with E-state index in [0.717, 1.165) is 31.7 Å². The number of ether oxygens (including phenoxy) is 1. The summed E-state index contributed by atoms with van der Waals surface area (Å²) in [6, 6.07) is 7.17. The quantitative estimate of drug-likeness (QED) is 0.786. The summed E-state index contributed by atoms with van der Waals surface area (Å²) in [4.78, 5) is 14.1. The Bertz CT molecular complexity index is 419. The SMILES string of the molecule is COC1CCN(CCC(=O)Nc2ccc(N)cc2)C1. The third kappa shape index (κ3) is 4.22. The van der Waals surface area contributed by atoms with Crippen molar-refractivity contribution >= 4 is 17.3 Å². The lowest BCUT2D eigenvalue weighted by atomic mass is 10.2. The summed E-state index contributed by atoms with van der Waals surface area (Å²) < 4.78 is 5.30. The Morgan fingerprint density at radius 1 is 1.47 bits per heavy atom. The average molecular weight is 263 g/mol. The molecule has 1 atom stereocenters. The van der Waals surface area contributed by atoms with Crippen molar-refractivity contribution < 1.29 is 9.53 Å². The van der Waals surface area contributed by atoms with Crippen LogP contribution in [0.4, 0.5) is 11.4 Å². The Morgan fingerprint density at radius 2 is 2.21 bits per heavy atom. The Balaban J connectivity index is 1.71. The minimum Gasteiger partial charge on any atom is -0.399 e. The highest BCUT2D eigenvalue weighted by molar-refractivity contribution is 5.90. The van der Waals surface area contributed by atoms with Crippen molar-refractivity contribution in [1.29, 1.82) is 0 Å². The molecule has 104 valence electrons. The van der Waals surface area contributed by atoms with Crippen LogP contribution in [0.25, 0.3) is 0 Å². The lowest BCUT2D eigenvalue weighted by molar-refractivity contribution is -0.116. The monoisotopic (exact) mass is 263 g/mol. The largest absolute Gasteiger partial charge is 0.399 e. The number of methoxy groups -OCH3 is 1. The van der Waals surface area contributed by atoms with E-state index in [1.54, 1.807) is 19.2 Å². The van der Waals surface area contributed by atoms with E-state index in [9.17, 15) is 4.79 Å². The minimum atomic E-state index is 0.0330. The maximum atomic E-state index is 11.8. The maximum Gasteiger partial charge on any atom is 0.225 e. The van der Waals surface area contributed by atoms with E-state index in [0.29, 0.717) is 18.2 Å². The summed E-state index contributed by atoms with van der Waals surface area (Å²) in [6.45, 7) is 2.71. The van der Waals surface area contributed by atoms with Crippen LogP contribution in [-0.2, 0) is 9.53 Å². The first-order valence-electron chi connectivity index (χ1n) is 6.58. The van der Waals surface area contributed by atoms with Gasteiger partial charge in [-0.05, 0) is 30.7 Å². The van der Waals surface area contributed by atoms with Gasteiger partial charge in [0.15, 0.2) is 0 Å². The van der Waals surface area contributed by atoms with Crippen LogP contribution in [0, 0.1) is 0 Å². The molecule has 1 saturated heterocycles. The van der Waals surface area contributed by atoms with Gasteiger partial charge in [-0.1, -0.05) is 0 Å². The third-order valence-electron chi connectivity index (χ3n) is 3.41. The van der Waals surface area contributed by atoms with Crippen molar-refractivity contribution in [2.45, 2.75) is 18.9 Å². The third-order valence-corrected chi connectivity index (χ3v) is 3.41. The molecule has 1 fully saturated rings. The predicted molar refractivity (Wildman–Crippen MR) is 76.0 cm³/mol. The zero-order valence-corrected chi connectivity index (χ0v) is 11.3. The molecule has 1 aliphatic heterocycles. The number of benzene rings is 1. The van der Waals surface area contributed by atoms with Crippen molar-refractivity contribution in [2.24, 2.45) is 0 Å². The number of nitrogens with two attached hydrogens (primary N) is 1. The molecular weight excluding hydrogens is 242 g/mol. The molecule has 0 spiro atoms. The normalized spacial score (nSPS) is 19.5. The summed E-state index contributed by atoms with van der Waals surface area (Å²) >= 11 is 0. The van der Waals surface area contributed by atoms with Crippen molar-refractivity contribution in [2.75, 3.05) is 37.8 Å². The van der Waals surface area contributed by atoms with Crippen LogP contribution >= 0.6 is 0 Å². The first-order chi connectivity index (χ1) is 9.17. The fourth-order valence-corrected chi connectivity index (χ4v) is 2.24. The number of likely N-dealkylation sites (tertiary alicyclic amines) is 1. The number of carbonyl (C=O) groups excluding carboxylic acids is 1. The molecule has 2 rings (SSSR count). The number of hydrogen-bond donors (Lipinski definition) is 2. The van der Waals surface area contributed by atoms with E-state index in [2.05, 4.69) is 10.2 Å². The van der Waals surface area contributed by atoms with Gasteiger partial charge in [0, 0.05) is 44.5 Å². The summed E-state index contributed by atoms with van der Waals surface area (Å²) in [5.74, 6) is 0.0330. The summed E-state index contributed by atoms with van der Waals surface area (Å²) in [5.41, 5.74) is 7.08. The lowest BCUT2D eigenvalue weighted by Crippen LogP contribution is -2.27. The van der Waals surface area contributed by atoms with Gasteiger partial charge in [0.05, 0.1) is 6.10 Å². The molecule has 0 saturated carbocycles. The Morgan fingerprint density at radius 3 is 2.84 bits per heavy atom. The zero-order valence-electron chi connectivity index (χ0n) is 11.3. The molecule has 1 aromatic carbocycles. The molecule has 3 N–H and O–H groups in total. The fourth-order valence-electron chi connectivity index (χ4n) is 2.24. The van der Waals surface area contributed by atoms with Crippen LogP contribution in [0.15, 0.2) is 24.3 Å². The second-order valence-electron chi connectivity index (χ2n) is 4.87. The summed E-state index contributed by atoms with van der Waals surface area (Å²) in [7, 11) is 1.74. The van der Waals surface area contributed by atoms with Crippen LogP contribution < -0.4 is 11.1 Å². The Labute approximate surface area is 113 Å². The second-order valence-corrected chi connectivity index (χ2v) is 4.87. The number of carbonyl (C=O) groups is 1. The van der Waals surface area contributed by atoms with Gasteiger partial charge < -0.3 is 20.7 Å².